The van der Waals surface area contributed by atoms with Gasteiger partial charge in [0.15, 0.2) is 0 Å². The van der Waals surface area contributed by atoms with E-state index in [0.29, 0.717) is 51.7 Å². The zero-order chi connectivity index (χ0) is 25.0. The highest BCUT2D eigenvalue weighted by Gasteiger charge is 2.55. The van der Waals surface area contributed by atoms with Gasteiger partial charge in [0.2, 0.25) is 5.91 Å². The summed E-state index contributed by atoms with van der Waals surface area (Å²) in [6.07, 6.45) is 6.82. The quantitative estimate of drug-likeness (QED) is 0.544. The van der Waals surface area contributed by atoms with E-state index in [2.05, 4.69) is 10.2 Å². The number of carbonyl (C=O) groups excluding carboxylic acids is 3. The van der Waals surface area contributed by atoms with E-state index in [0.717, 1.165) is 31.0 Å². The van der Waals surface area contributed by atoms with Crippen LogP contribution in [0, 0.1) is 5.92 Å². The van der Waals surface area contributed by atoms with Crippen LogP contribution in [0.3, 0.4) is 0 Å². The van der Waals surface area contributed by atoms with E-state index < -0.39 is 5.54 Å². The van der Waals surface area contributed by atoms with Gasteiger partial charge in [-0.1, -0.05) is 30.3 Å². The van der Waals surface area contributed by atoms with Crippen LogP contribution in [0.15, 0.2) is 53.1 Å². The molecular formula is C28H36N4O4. The van der Waals surface area contributed by atoms with Crippen molar-refractivity contribution < 1.29 is 18.8 Å². The third-order valence-corrected chi connectivity index (χ3v) is 8.08. The molecule has 5 rings (SSSR count). The number of nitrogens with zero attached hydrogens (tertiary/aromatic N) is 3. The molecule has 4 heterocycles. The van der Waals surface area contributed by atoms with Gasteiger partial charge >= 0.3 is 6.03 Å². The Bertz CT molecular complexity index is 1040. The molecule has 0 aliphatic carbocycles. The summed E-state index contributed by atoms with van der Waals surface area (Å²) in [6.45, 7) is 4.40. The molecule has 4 amide bonds. The van der Waals surface area contributed by atoms with Gasteiger partial charge in [-0.2, -0.15) is 0 Å². The molecule has 0 spiro atoms. The molecule has 36 heavy (non-hydrogen) atoms. The molecule has 1 N–H and O–H groups in total. The third kappa shape index (κ3) is 5.19. The number of rotatable bonds is 9. The minimum Gasteiger partial charge on any atom is -0.469 e. The van der Waals surface area contributed by atoms with Crippen molar-refractivity contribution in [1.29, 1.82) is 0 Å². The number of aryl methyl sites for hydroxylation is 1. The average Bonchev–Trinajstić information content (AvgIpc) is 3.66. The predicted octanol–water partition coefficient (Wildman–Crippen LogP) is 3.08. The Morgan fingerprint density at radius 1 is 0.972 bits per heavy atom. The number of imide groups is 1. The minimum atomic E-state index is -0.966. The molecule has 1 atom stereocenters. The molecule has 3 saturated heterocycles. The number of urea groups is 1. The molecule has 8 nitrogen and oxygen atoms in total. The van der Waals surface area contributed by atoms with Crippen LogP contribution in [-0.4, -0.2) is 77.4 Å². The highest BCUT2D eigenvalue weighted by molar-refractivity contribution is 6.07. The number of furan rings is 1. The molecule has 0 unspecified atom stereocenters. The highest BCUT2D eigenvalue weighted by atomic mass is 16.3. The van der Waals surface area contributed by atoms with Crippen molar-refractivity contribution in [3.8, 4) is 0 Å². The summed E-state index contributed by atoms with van der Waals surface area (Å²) in [5, 5.41) is 3.15. The molecule has 3 aliphatic heterocycles. The van der Waals surface area contributed by atoms with Crippen molar-refractivity contribution in [3.05, 3.63) is 60.1 Å². The first kappa shape index (κ1) is 24.6. The fraction of sp³-hybridized carbons (Fsp3) is 0.536. The second-order valence-electron chi connectivity index (χ2n) is 10.3. The molecular weight excluding hydrogens is 456 g/mol. The molecule has 0 bridgehead atoms. The normalized spacial score (nSPS) is 23.4. The number of hydrogen-bond acceptors (Lipinski definition) is 5. The van der Waals surface area contributed by atoms with Crippen molar-refractivity contribution in [2.75, 3.05) is 39.3 Å². The maximum absolute atomic E-state index is 13.9. The predicted molar refractivity (Wildman–Crippen MR) is 135 cm³/mol. The Hall–Kier alpha value is -3.13. The lowest BCUT2D eigenvalue weighted by atomic mass is 9.74. The van der Waals surface area contributed by atoms with Crippen molar-refractivity contribution in [1.82, 2.24) is 20.0 Å². The van der Waals surface area contributed by atoms with Gasteiger partial charge in [-0.3, -0.25) is 14.5 Å². The smallest absolute Gasteiger partial charge is 0.325 e. The molecule has 2 aromatic rings. The van der Waals surface area contributed by atoms with Crippen LogP contribution in [-0.2, 0) is 22.4 Å². The van der Waals surface area contributed by atoms with Crippen LogP contribution in [0.4, 0.5) is 4.79 Å². The lowest BCUT2D eigenvalue weighted by Crippen LogP contribution is -2.58. The first-order chi connectivity index (χ1) is 17.5. The number of hydrogen-bond donors (Lipinski definition) is 1. The summed E-state index contributed by atoms with van der Waals surface area (Å²) in [7, 11) is 0. The topological polar surface area (TPSA) is 86.1 Å². The van der Waals surface area contributed by atoms with E-state index in [1.807, 2.05) is 47.4 Å². The van der Waals surface area contributed by atoms with E-state index in [4.69, 9.17) is 4.42 Å². The minimum absolute atomic E-state index is 0.0277. The monoisotopic (exact) mass is 492 g/mol. The van der Waals surface area contributed by atoms with Crippen LogP contribution >= 0.6 is 0 Å². The van der Waals surface area contributed by atoms with Crippen LogP contribution in [0.5, 0.6) is 0 Å². The maximum Gasteiger partial charge on any atom is 0.325 e. The largest absolute Gasteiger partial charge is 0.469 e. The molecule has 1 aromatic carbocycles. The summed E-state index contributed by atoms with van der Waals surface area (Å²) in [5.41, 5.74) is 0.0664. The lowest BCUT2D eigenvalue weighted by Gasteiger charge is -2.41. The molecule has 192 valence electrons. The van der Waals surface area contributed by atoms with Crippen LogP contribution in [0.2, 0.25) is 0 Å². The summed E-state index contributed by atoms with van der Waals surface area (Å²) >= 11 is 0. The first-order valence-corrected chi connectivity index (χ1v) is 13.3. The number of carbonyl (C=O) groups is 3. The summed E-state index contributed by atoms with van der Waals surface area (Å²) in [4.78, 5) is 45.5. The Labute approximate surface area is 212 Å². The molecule has 0 radical (unpaired) electrons. The van der Waals surface area contributed by atoms with E-state index in [9.17, 15) is 14.4 Å². The first-order valence-electron chi connectivity index (χ1n) is 13.3. The van der Waals surface area contributed by atoms with Gasteiger partial charge in [-0.05, 0) is 62.4 Å². The fourth-order valence-electron chi connectivity index (χ4n) is 6.02. The molecule has 3 fully saturated rings. The Morgan fingerprint density at radius 2 is 1.72 bits per heavy atom. The van der Waals surface area contributed by atoms with Gasteiger partial charge in [0.25, 0.3) is 5.91 Å². The van der Waals surface area contributed by atoms with Crippen molar-refractivity contribution >= 4 is 17.8 Å². The standard InChI is InChI=1S/C28H36N4O4/c33-25(11-10-24-9-6-20-36-24)31-16-12-23(13-17-31)28(21-22-7-2-1-3-8-22)26(34)32(27(35)29-28)19-18-30-14-4-5-15-30/h1-3,6-9,20,23H,4-5,10-19,21H2,(H,29,35)/t28-/m0/s1. The van der Waals surface area contributed by atoms with Gasteiger partial charge in [-0.25, -0.2) is 4.79 Å². The van der Waals surface area contributed by atoms with E-state index in [1.165, 1.54) is 17.7 Å². The number of likely N-dealkylation sites (tertiary alicyclic amines) is 2. The van der Waals surface area contributed by atoms with E-state index in [1.54, 1.807) is 6.26 Å². The maximum atomic E-state index is 13.9. The van der Waals surface area contributed by atoms with Gasteiger partial charge in [-0.15, -0.1) is 0 Å². The third-order valence-electron chi connectivity index (χ3n) is 8.08. The number of amides is 4. The average molecular weight is 493 g/mol. The summed E-state index contributed by atoms with van der Waals surface area (Å²) in [5.74, 6) is 0.780. The van der Waals surface area contributed by atoms with Crippen LogP contribution in [0.25, 0.3) is 0 Å². The van der Waals surface area contributed by atoms with Gasteiger partial charge in [0, 0.05) is 45.4 Å². The van der Waals surface area contributed by atoms with Crippen LogP contribution < -0.4 is 5.32 Å². The zero-order valence-electron chi connectivity index (χ0n) is 20.9. The highest BCUT2D eigenvalue weighted by Crippen LogP contribution is 2.36. The van der Waals surface area contributed by atoms with Crippen molar-refractivity contribution in [2.24, 2.45) is 5.92 Å². The van der Waals surface area contributed by atoms with Gasteiger partial charge < -0.3 is 19.5 Å². The molecule has 1 aromatic heterocycles. The number of piperidine rings is 1. The number of nitrogens with one attached hydrogen (secondary N) is 1. The number of benzene rings is 1. The summed E-state index contributed by atoms with van der Waals surface area (Å²) in [6, 6.07) is 13.4. The Balaban J connectivity index is 1.27. The SMILES string of the molecule is O=C(CCc1ccco1)N1CCC([C@]2(Cc3ccccc3)NC(=O)N(CCN3CCCC3)C2=O)CC1. The van der Waals surface area contributed by atoms with Gasteiger partial charge in [0.1, 0.15) is 11.3 Å². The fourth-order valence-corrected chi connectivity index (χ4v) is 6.02. The van der Waals surface area contributed by atoms with Crippen molar-refractivity contribution in [3.63, 3.8) is 0 Å². The molecule has 3 aliphatic rings. The summed E-state index contributed by atoms with van der Waals surface area (Å²) < 4.78 is 5.35. The second kappa shape index (κ2) is 10.9. The second-order valence-corrected chi connectivity index (χ2v) is 10.3. The lowest BCUT2D eigenvalue weighted by molar-refractivity contribution is -0.136. The molecule has 8 heteroatoms. The zero-order valence-corrected chi connectivity index (χ0v) is 20.9. The van der Waals surface area contributed by atoms with Crippen LogP contribution in [0.1, 0.15) is 43.4 Å². The Morgan fingerprint density at radius 3 is 2.42 bits per heavy atom. The van der Waals surface area contributed by atoms with E-state index >= 15 is 0 Å². The Kier molecular flexibility index (Phi) is 7.41. The molecule has 0 saturated carbocycles. The van der Waals surface area contributed by atoms with Crippen molar-refractivity contribution in [2.45, 2.75) is 50.5 Å². The van der Waals surface area contributed by atoms with Gasteiger partial charge in [0.05, 0.1) is 6.26 Å². The van der Waals surface area contributed by atoms with E-state index in [-0.39, 0.29) is 23.8 Å².